The van der Waals surface area contributed by atoms with E-state index in [1.807, 2.05) is 20.8 Å². The summed E-state index contributed by atoms with van der Waals surface area (Å²) >= 11 is 3.28. The van der Waals surface area contributed by atoms with Crippen molar-refractivity contribution >= 4 is 39.3 Å². The van der Waals surface area contributed by atoms with Crippen LogP contribution >= 0.6 is 15.9 Å². The molecule has 0 saturated carbocycles. The van der Waals surface area contributed by atoms with Crippen LogP contribution in [0, 0.1) is 5.41 Å². The van der Waals surface area contributed by atoms with E-state index in [9.17, 15) is 9.59 Å². The molecular weight excluding hydrogens is 540 g/mol. The number of hydrogen-bond acceptors (Lipinski definition) is 7. The van der Waals surface area contributed by atoms with E-state index in [0.717, 1.165) is 0 Å². The van der Waals surface area contributed by atoms with E-state index >= 15 is 0 Å². The normalized spacial score (nSPS) is 11.4. The minimum atomic E-state index is -0.928. The Morgan fingerprint density at radius 3 is 2.43 bits per heavy atom. The van der Waals surface area contributed by atoms with Gasteiger partial charge >= 0.3 is 0 Å². The van der Waals surface area contributed by atoms with Crippen LogP contribution in [0.4, 0.5) is 5.69 Å². The molecule has 0 radical (unpaired) electrons. The number of aromatic nitrogens is 1. The lowest BCUT2D eigenvalue weighted by atomic mass is 10.0. The van der Waals surface area contributed by atoms with Crippen LogP contribution in [0.15, 0.2) is 65.3 Å². The number of ether oxygens (including phenoxy) is 2. The summed E-state index contributed by atoms with van der Waals surface area (Å²) in [5.41, 5.74) is 12.3. The zero-order chi connectivity index (χ0) is 26.9. The molecule has 1 heterocycles. The topological polar surface area (TPSA) is 151 Å². The van der Waals surface area contributed by atoms with Crippen molar-refractivity contribution in [3.8, 4) is 11.5 Å². The number of nitrogens with two attached hydrogens (primary N) is 1. The summed E-state index contributed by atoms with van der Waals surface area (Å²) in [6, 6.07) is 14.4. The number of carbonyl (C=O) groups is 2. The van der Waals surface area contributed by atoms with Crippen LogP contribution in [0.3, 0.4) is 0 Å². The summed E-state index contributed by atoms with van der Waals surface area (Å²) in [6.45, 7) is 6.09. The standard InChI is InChI=1S/C26H29BrN6O4/c1-4-36-21-14-17(9-12-20(21)37-15(2)3)22(31-18-10-7-16(8-11-18)24(28)29)25(34)32-33-26(35)23-19(27)6-5-13-30-23/h5-15,22,31H,4H2,1-3H3,(H3,28,29)(H,32,34)(H,33,35). The highest BCUT2D eigenvalue weighted by molar-refractivity contribution is 9.10. The average Bonchev–Trinajstić information content (AvgIpc) is 2.87. The van der Waals surface area contributed by atoms with Crippen LogP contribution in [0.1, 0.15) is 48.4 Å². The summed E-state index contributed by atoms with van der Waals surface area (Å²) in [5, 5.41) is 10.8. The number of nitrogens with zero attached hydrogens (tertiary/aromatic N) is 1. The summed E-state index contributed by atoms with van der Waals surface area (Å²) in [7, 11) is 0. The minimum absolute atomic E-state index is 0.0636. The van der Waals surface area contributed by atoms with E-state index in [0.29, 0.717) is 39.4 Å². The van der Waals surface area contributed by atoms with Crippen LogP contribution in [-0.2, 0) is 4.79 Å². The van der Waals surface area contributed by atoms with Crippen LogP contribution in [0.25, 0.3) is 0 Å². The number of hydrazine groups is 1. The predicted molar refractivity (Wildman–Crippen MR) is 145 cm³/mol. The number of amidine groups is 1. The molecule has 1 aromatic heterocycles. The lowest BCUT2D eigenvalue weighted by molar-refractivity contribution is -0.122. The van der Waals surface area contributed by atoms with Crippen LogP contribution in [-0.4, -0.2) is 35.3 Å². The smallest absolute Gasteiger partial charge is 0.289 e. The van der Waals surface area contributed by atoms with Gasteiger partial charge in [-0.15, -0.1) is 0 Å². The second kappa shape index (κ2) is 12.7. The molecule has 2 amide bonds. The zero-order valence-electron chi connectivity index (χ0n) is 20.7. The zero-order valence-corrected chi connectivity index (χ0v) is 22.3. The number of carbonyl (C=O) groups excluding carboxylic acids is 2. The third kappa shape index (κ3) is 7.43. The van der Waals surface area contributed by atoms with E-state index in [2.05, 4.69) is 37.1 Å². The third-order valence-corrected chi connectivity index (χ3v) is 5.65. The van der Waals surface area contributed by atoms with Gasteiger partial charge in [0, 0.05) is 21.9 Å². The van der Waals surface area contributed by atoms with Gasteiger partial charge in [0.25, 0.3) is 11.8 Å². The SMILES string of the molecule is CCOc1cc(C(Nc2ccc(C(=N)N)cc2)C(=O)NNC(=O)c2ncccc2Br)ccc1OC(C)C. The Morgan fingerprint density at radius 2 is 1.81 bits per heavy atom. The molecule has 194 valence electrons. The lowest BCUT2D eigenvalue weighted by Gasteiger charge is -2.22. The van der Waals surface area contributed by atoms with Gasteiger partial charge in [0.15, 0.2) is 11.5 Å². The number of amides is 2. The second-order valence-electron chi connectivity index (χ2n) is 8.15. The Balaban J connectivity index is 1.89. The van der Waals surface area contributed by atoms with E-state index in [-0.39, 0.29) is 17.6 Å². The van der Waals surface area contributed by atoms with E-state index < -0.39 is 17.9 Å². The molecule has 0 fully saturated rings. The minimum Gasteiger partial charge on any atom is -0.490 e. The molecule has 37 heavy (non-hydrogen) atoms. The van der Waals surface area contributed by atoms with Crippen molar-refractivity contribution in [3.05, 3.63) is 82.1 Å². The van der Waals surface area contributed by atoms with Crippen molar-refractivity contribution in [1.29, 1.82) is 5.41 Å². The number of nitrogens with one attached hydrogen (secondary N) is 4. The highest BCUT2D eigenvalue weighted by Crippen LogP contribution is 2.33. The number of hydrogen-bond donors (Lipinski definition) is 5. The maximum atomic E-state index is 13.3. The third-order valence-electron chi connectivity index (χ3n) is 5.01. The number of benzene rings is 2. The number of rotatable bonds is 10. The molecule has 0 saturated heterocycles. The molecule has 10 nitrogen and oxygen atoms in total. The highest BCUT2D eigenvalue weighted by Gasteiger charge is 2.24. The van der Waals surface area contributed by atoms with Crippen molar-refractivity contribution in [2.24, 2.45) is 5.73 Å². The molecule has 0 aliphatic rings. The van der Waals surface area contributed by atoms with Gasteiger partial charge in [0.05, 0.1) is 12.7 Å². The molecule has 3 aromatic rings. The van der Waals surface area contributed by atoms with E-state index in [4.69, 9.17) is 20.6 Å². The summed E-state index contributed by atoms with van der Waals surface area (Å²) < 4.78 is 12.1. The van der Waals surface area contributed by atoms with Gasteiger partial charge in [0.2, 0.25) is 0 Å². The number of halogens is 1. The molecule has 0 aliphatic carbocycles. The van der Waals surface area contributed by atoms with E-state index in [1.165, 1.54) is 6.20 Å². The van der Waals surface area contributed by atoms with Gasteiger partial charge in [0.1, 0.15) is 17.6 Å². The second-order valence-corrected chi connectivity index (χ2v) is 9.01. The van der Waals surface area contributed by atoms with Gasteiger partial charge < -0.3 is 20.5 Å². The molecule has 6 N–H and O–H groups in total. The number of nitrogen functional groups attached to an aromatic ring is 1. The first kappa shape index (κ1) is 27.5. The molecule has 1 unspecified atom stereocenters. The summed E-state index contributed by atoms with van der Waals surface area (Å²) in [6.07, 6.45) is 1.41. The number of pyridine rings is 1. The van der Waals surface area contributed by atoms with Gasteiger partial charge in [-0.1, -0.05) is 6.07 Å². The van der Waals surface area contributed by atoms with Gasteiger partial charge in [-0.25, -0.2) is 4.98 Å². The van der Waals surface area contributed by atoms with Crippen molar-refractivity contribution in [2.45, 2.75) is 32.9 Å². The molecule has 11 heteroatoms. The summed E-state index contributed by atoms with van der Waals surface area (Å²) in [5.74, 6) is -0.135. The first-order chi connectivity index (χ1) is 17.7. The van der Waals surface area contributed by atoms with Crippen molar-refractivity contribution < 1.29 is 19.1 Å². The predicted octanol–water partition coefficient (Wildman–Crippen LogP) is 3.93. The molecular formula is C26H29BrN6O4. The van der Waals surface area contributed by atoms with Gasteiger partial charge in [-0.3, -0.25) is 25.8 Å². The van der Waals surface area contributed by atoms with Crippen molar-refractivity contribution in [1.82, 2.24) is 15.8 Å². The Morgan fingerprint density at radius 1 is 1.08 bits per heavy atom. The fraction of sp³-hybridized carbons (Fsp3) is 0.231. The molecule has 0 spiro atoms. The first-order valence-corrected chi connectivity index (χ1v) is 12.3. The fourth-order valence-corrected chi connectivity index (χ4v) is 3.77. The highest BCUT2D eigenvalue weighted by atomic mass is 79.9. The monoisotopic (exact) mass is 568 g/mol. The van der Waals surface area contributed by atoms with Gasteiger partial charge in [-0.05, 0) is 90.8 Å². The maximum absolute atomic E-state index is 13.3. The fourth-order valence-electron chi connectivity index (χ4n) is 3.34. The van der Waals surface area contributed by atoms with Crippen molar-refractivity contribution in [2.75, 3.05) is 11.9 Å². The van der Waals surface area contributed by atoms with Crippen LogP contribution in [0.2, 0.25) is 0 Å². The van der Waals surface area contributed by atoms with Crippen LogP contribution < -0.4 is 31.4 Å². The maximum Gasteiger partial charge on any atom is 0.289 e. The lowest BCUT2D eigenvalue weighted by Crippen LogP contribution is -2.45. The summed E-state index contributed by atoms with van der Waals surface area (Å²) in [4.78, 5) is 29.9. The van der Waals surface area contributed by atoms with E-state index in [1.54, 1.807) is 54.6 Å². The van der Waals surface area contributed by atoms with Crippen molar-refractivity contribution in [3.63, 3.8) is 0 Å². The number of anilines is 1. The molecule has 3 rings (SSSR count). The molecule has 0 aliphatic heterocycles. The Hall–Kier alpha value is -4.12. The molecule has 2 aromatic carbocycles. The van der Waals surface area contributed by atoms with Crippen LogP contribution in [0.5, 0.6) is 11.5 Å². The first-order valence-electron chi connectivity index (χ1n) is 11.5. The average molecular weight is 569 g/mol. The molecule has 0 bridgehead atoms. The Bertz CT molecular complexity index is 1270. The Kier molecular flexibility index (Phi) is 9.45. The quantitative estimate of drug-likeness (QED) is 0.141. The molecule has 1 atom stereocenters. The largest absolute Gasteiger partial charge is 0.490 e. The Labute approximate surface area is 223 Å². The van der Waals surface area contributed by atoms with Gasteiger partial charge in [-0.2, -0.15) is 0 Å².